The summed E-state index contributed by atoms with van der Waals surface area (Å²) in [7, 11) is 0. The number of rotatable bonds is 2. The lowest BCUT2D eigenvalue weighted by atomic mass is 9.87. The normalized spacial score (nSPS) is 18.8. The van der Waals surface area contributed by atoms with Gasteiger partial charge >= 0.3 is 0 Å². The topological polar surface area (TPSA) is 0 Å². The minimum atomic E-state index is 0.306. The van der Waals surface area contributed by atoms with E-state index < -0.39 is 0 Å². The Kier molecular flexibility index (Phi) is 1.04. The van der Waals surface area contributed by atoms with Crippen molar-refractivity contribution in [1.82, 2.24) is 0 Å². The predicted octanol–water partition coefficient (Wildman–Crippen LogP) is 2.38. The van der Waals surface area contributed by atoms with Gasteiger partial charge in [0.05, 0.1) is 0 Å². The highest BCUT2D eigenvalue weighted by molar-refractivity contribution is 5.21. The molecule has 0 unspecified atom stereocenters. The van der Waals surface area contributed by atoms with Crippen LogP contribution in [0.5, 0.6) is 0 Å². The van der Waals surface area contributed by atoms with Gasteiger partial charge < -0.3 is 0 Å². The van der Waals surface area contributed by atoms with E-state index in [1.165, 1.54) is 0 Å². The Labute approximate surface area is 50.9 Å². The maximum atomic E-state index is 3.75. The van der Waals surface area contributed by atoms with Crippen LogP contribution in [0.3, 0.4) is 0 Å². The fourth-order valence-corrected chi connectivity index (χ4v) is 0.688. The van der Waals surface area contributed by atoms with Gasteiger partial charge in [-0.1, -0.05) is 32.1 Å². The molecule has 0 saturated heterocycles. The Morgan fingerprint density at radius 3 is 2.12 bits per heavy atom. The Balaban J connectivity index is 2.50. The molecular weight excluding hydrogens is 96.1 g/mol. The second-order valence-corrected chi connectivity index (χ2v) is 2.94. The number of allylic oxidation sites excluding steroid dienone is 3. The zero-order valence-electron chi connectivity index (χ0n) is 5.52. The van der Waals surface area contributed by atoms with Crippen LogP contribution in [0, 0.1) is 11.3 Å². The van der Waals surface area contributed by atoms with E-state index in [0.717, 1.165) is 0 Å². The summed E-state index contributed by atoms with van der Waals surface area (Å²) in [5.74, 6) is 0.694. The second-order valence-electron chi connectivity index (χ2n) is 2.94. The standard InChI is InChI=1S/C8H12/c1-4-8(2,3)7-5-6-7/h4-7H,1H2,2-3H3. The van der Waals surface area contributed by atoms with Crippen LogP contribution in [-0.2, 0) is 0 Å². The lowest BCUT2D eigenvalue weighted by molar-refractivity contribution is 0.440. The summed E-state index contributed by atoms with van der Waals surface area (Å²) < 4.78 is 0. The van der Waals surface area contributed by atoms with Gasteiger partial charge in [0.25, 0.3) is 0 Å². The lowest BCUT2D eigenvalue weighted by Crippen LogP contribution is -2.09. The van der Waals surface area contributed by atoms with E-state index in [2.05, 4.69) is 32.6 Å². The third-order valence-electron chi connectivity index (χ3n) is 1.77. The third kappa shape index (κ3) is 0.835. The van der Waals surface area contributed by atoms with Crippen LogP contribution in [0.1, 0.15) is 13.8 Å². The number of hydrogen-bond acceptors (Lipinski definition) is 0. The van der Waals surface area contributed by atoms with E-state index in [-0.39, 0.29) is 0 Å². The molecular formula is C8H12. The summed E-state index contributed by atoms with van der Waals surface area (Å²) >= 11 is 0. The van der Waals surface area contributed by atoms with Gasteiger partial charge in [0.2, 0.25) is 0 Å². The van der Waals surface area contributed by atoms with E-state index in [1.54, 1.807) is 0 Å². The van der Waals surface area contributed by atoms with Gasteiger partial charge in [0.15, 0.2) is 0 Å². The van der Waals surface area contributed by atoms with Gasteiger partial charge in [-0.2, -0.15) is 0 Å². The fourth-order valence-electron chi connectivity index (χ4n) is 0.688. The quantitative estimate of drug-likeness (QED) is 0.476. The molecule has 0 heteroatoms. The average Bonchev–Trinajstić information content (AvgIpc) is 2.44. The summed E-state index contributed by atoms with van der Waals surface area (Å²) in [6, 6.07) is 0. The van der Waals surface area contributed by atoms with Crippen LogP contribution in [0.2, 0.25) is 0 Å². The molecule has 0 amide bonds. The first-order chi connectivity index (χ1) is 3.67. The van der Waals surface area contributed by atoms with Gasteiger partial charge in [0, 0.05) is 5.92 Å². The molecule has 1 aliphatic carbocycles. The molecule has 0 atom stereocenters. The highest BCUT2D eigenvalue weighted by Gasteiger charge is 2.27. The second kappa shape index (κ2) is 1.48. The third-order valence-corrected chi connectivity index (χ3v) is 1.77. The summed E-state index contributed by atoms with van der Waals surface area (Å²) in [5, 5.41) is 0. The van der Waals surface area contributed by atoms with Crippen LogP contribution in [0.4, 0.5) is 0 Å². The molecule has 44 valence electrons. The summed E-state index contributed by atoms with van der Waals surface area (Å²) in [4.78, 5) is 0. The molecule has 1 aliphatic rings. The molecule has 1 rings (SSSR count). The molecule has 0 heterocycles. The molecule has 0 spiro atoms. The predicted molar refractivity (Wildman–Crippen MR) is 36.6 cm³/mol. The van der Waals surface area contributed by atoms with Gasteiger partial charge in [-0.05, 0) is 5.41 Å². The maximum absolute atomic E-state index is 3.75. The monoisotopic (exact) mass is 108 g/mol. The van der Waals surface area contributed by atoms with Crippen molar-refractivity contribution in [1.29, 1.82) is 0 Å². The molecule has 0 bridgehead atoms. The van der Waals surface area contributed by atoms with Crippen molar-refractivity contribution in [2.75, 3.05) is 0 Å². The van der Waals surface area contributed by atoms with Crippen LogP contribution in [0.15, 0.2) is 24.8 Å². The van der Waals surface area contributed by atoms with E-state index in [9.17, 15) is 0 Å². The van der Waals surface area contributed by atoms with E-state index in [1.807, 2.05) is 6.08 Å². The van der Waals surface area contributed by atoms with Crippen molar-refractivity contribution < 1.29 is 0 Å². The molecule has 0 radical (unpaired) electrons. The highest BCUT2D eigenvalue weighted by Crippen LogP contribution is 2.37. The van der Waals surface area contributed by atoms with Gasteiger partial charge in [-0.3, -0.25) is 0 Å². The van der Waals surface area contributed by atoms with E-state index >= 15 is 0 Å². The first-order valence-corrected chi connectivity index (χ1v) is 2.99. The van der Waals surface area contributed by atoms with E-state index in [0.29, 0.717) is 11.3 Å². The minimum Gasteiger partial charge on any atom is -0.103 e. The van der Waals surface area contributed by atoms with Crippen molar-refractivity contribution in [3.63, 3.8) is 0 Å². The average molecular weight is 108 g/mol. The molecule has 0 nitrogen and oxygen atoms in total. The Hall–Kier alpha value is -0.520. The molecule has 0 aromatic carbocycles. The summed E-state index contributed by atoms with van der Waals surface area (Å²) in [6.07, 6.45) is 6.43. The van der Waals surface area contributed by atoms with Crippen molar-refractivity contribution in [2.24, 2.45) is 11.3 Å². The number of hydrogen-bond donors (Lipinski definition) is 0. The van der Waals surface area contributed by atoms with Gasteiger partial charge in [-0.25, -0.2) is 0 Å². The molecule has 0 aliphatic heterocycles. The zero-order chi connectivity index (χ0) is 6.20. The molecule has 0 fully saturated rings. The van der Waals surface area contributed by atoms with E-state index in [4.69, 9.17) is 0 Å². The smallest absolute Gasteiger partial charge is 0.00327 e. The lowest BCUT2D eigenvalue weighted by Gasteiger charge is -2.17. The summed E-state index contributed by atoms with van der Waals surface area (Å²) in [5.41, 5.74) is 0.306. The van der Waals surface area contributed by atoms with Crippen LogP contribution >= 0.6 is 0 Å². The van der Waals surface area contributed by atoms with Crippen LogP contribution in [0.25, 0.3) is 0 Å². The van der Waals surface area contributed by atoms with Crippen molar-refractivity contribution in [2.45, 2.75) is 13.8 Å². The van der Waals surface area contributed by atoms with Gasteiger partial charge in [0.1, 0.15) is 0 Å². The Bertz CT molecular complexity index is 123. The Morgan fingerprint density at radius 1 is 1.50 bits per heavy atom. The molecule has 0 N–H and O–H groups in total. The molecule has 0 saturated carbocycles. The minimum absolute atomic E-state index is 0.306. The molecule has 0 aromatic rings. The summed E-state index contributed by atoms with van der Waals surface area (Å²) in [6.45, 7) is 8.15. The highest BCUT2D eigenvalue weighted by atomic mass is 14.3. The van der Waals surface area contributed by atoms with Crippen LogP contribution in [-0.4, -0.2) is 0 Å². The fraction of sp³-hybridized carbons (Fsp3) is 0.500. The first kappa shape index (κ1) is 5.61. The molecule has 8 heavy (non-hydrogen) atoms. The first-order valence-electron chi connectivity index (χ1n) is 2.99. The van der Waals surface area contributed by atoms with Gasteiger partial charge in [-0.15, -0.1) is 6.58 Å². The Morgan fingerprint density at radius 2 is 2.00 bits per heavy atom. The van der Waals surface area contributed by atoms with Crippen molar-refractivity contribution in [3.8, 4) is 0 Å². The van der Waals surface area contributed by atoms with Crippen LogP contribution < -0.4 is 0 Å². The molecule has 0 aromatic heterocycles. The SMILES string of the molecule is C=CC(C)(C)C1C=C1. The van der Waals surface area contributed by atoms with Crippen molar-refractivity contribution in [3.05, 3.63) is 24.8 Å². The maximum Gasteiger partial charge on any atom is 0.00327 e. The zero-order valence-corrected chi connectivity index (χ0v) is 5.52. The van der Waals surface area contributed by atoms with Crippen molar-refractivity contribution >= 4 is 0 Å². The largest absolute Gasteiger partial charge is 0.103 e.